The van der Waals surface area contributed by atoms with E-state index in [0.717, 1.165) is 43.9 Å². The molecule has 2 rings (SSSR count). The topological polar surface area (TPSA) is 71.9 Å². The summed E-state index contributed by atoms with van der Waals surface area (Å²) in [5, 5.41) is 5.61. The highest BCUT2D eigenvalue weighted by atomic mass is 16.5. The van der Waals surface area contributed by atoms with Crippen LogP contribution in [0.3, 0.4) is 0 Å². The van der Waals surface area contributed by atoms with Crippen LogP contribution in [0, 0.1) is 0 Å². The third-order valence-electron chi connectivity index (χ3n) is 4.19. The lowest BCUT2D eigenvalue weighted by atomic mass is 10.1. The Morgan fingerprint density at radius 3 is 2.38 bits per heavy atom. The van der Waals surface area contributed by atoms with Crippen LogP contribution < -0.4 is 15.5 Å². The van der Waals surface area contributed by atoms with E-state index >= 15 is 0 Å². The number of benzene rings is 1. The van der Waals surface area contributed by atoms with Gasteiger partial charge in [-0.1, -0.05) is 0 Å². The van der Waals surface area contributed by atoms with Gasteiger partial charge in [0.2, 0.25) is 5.91 Å². The van der Waals surface area contributed by atoms with Crippen molar-refractivity contribution in [1.82, 2.24) is 0 Å². The molecule has 1 aliphatic rings. The monoisotopic (exact) mass is 334 g/mol. The highest BCUT2D eigenvalue weighted by molar-refractivity contribution is 5.92. The minimum Gasteiger partial charge on any atom is -0.372 e. The van der Waals surface area contributed by atoms with Crippen molar-refractivity contribution in [2.24, 2.45) is 0 Å². The van der Waals surface area contributed by atoms with E-state index in [4.69, 9.17) is 4.74 Å². The van der Waals surface area contributed by atoms with E-state index in [1.807, 2.05) is 0 Å². The van der Waals surface area contributed by atoms with Gasteiger partial charge in [0.15, 0.2) is 6.54 Å². The summed E-state index contributed by atoms with van der Waals surface area (Å²) >= 11 is 0. The van der Waals surface area contributed by atoms with Crippen LogP contribution in [0.1, 0.15) is 33.1 Å². The number of likely N-dealkylation sites (N-methyl/N-ethyl adjacent to an activating group) is 1. The first kappa shape index (κ1) is 18.4. The average Bonchev–Trinajstić information content (AvgIpc) is 2.56. The maximum absolute atomic E-state index is 12.2. The molecule has 0 bridgehead atoms. The van der Waals surface area contributed by atoms with Crippen molar-refractivity contribution in [3.8, 4) is 0 Å². The Morgan fingerprint density at radius 1 is 1.17 bits per heavy atom. The van der Waals surface area contributed by atoms with E-state index in [0.29, 0.717) is 6.54 Å². The van der Waals surface area contributed by atoms with Gasteiger partial charge in [-0.3, -0.25) is 9.59 Å². The van der Waals surface area contributed by atoms with Crippen molar-refractivity contribution in [1.29, 1.82) is 0 Å². The normalized spacial score (nSPS) is 18.7. The fraction of sp³-hybridized carbons (Fsp3) is 0.556. The second kappa shape index (κ2) is 9.39. The molecule has 1 aromatic carbocycles. The Bertz CT molecular complexity index is 539. The third-order valence-corrected chi connectivity index (χ3v) is 4.19. The molecule has 3 N–H and O–H groups in total. The van der Waals surface area contributed by atoms with E-state index < -0.39 is 0 Å². The van der Waals surface area contributed by atoms with Gasteiger partial charge in [0.1, 0.15) is 12.6 Å². The Labute approximate surface area is 143 Å². The standard InChI is InChI=1S/C18H27N3O3/c1-3-21(12-17-6-4-5-11-24-17)13-18(23)20-16-9-7-15(8-10-16)19-14(2)22/h7-10,17H,3-6,11-13H2,1-2H3,(H,19,22)(H,20,23)/p+1/t17-/m0/s1. The maximum atomic E-state index is 12.2. The Balaban J connectivity index is 1.80. The molecule has 0 spiro atoms. The lowest BCUT2D eigenvalue weighted by molar-refractivity contribution is -0.893. The quantitative estimate of drug-likeness (QED) is 0.698. The smallest absolute Gasteiger partial charge is 0.279 e. The number of rotatable bonds is 7. The van der Waals surface area contributed by atoms with Gasteiger partial charge in [-0.05, 0) is 50.5 Å². The second-order valence-corrected chi connectivity index (χ2v) is 6.28. The zero-order valence-corrected chi connectivity index (χ0v) is 14.6. The molecule has 1 aromatic rings. The minimum absolute atomic E-state index is 0.00469. The van der Waals surface area contributed by atoms with Crippen LogP contribution in [0.2, 0.25) is 0 Å². The molecule has 0 radical (unpaired) electrons. The molecule has 1 unspecified atom stereocenters. The number of amides is 2. The molecule has 132 valence electrons. The maximum Gasteiger partial charge on any atom is 0.279 e. The van der Waals surface area contributed by atoms with Crippen molar-refractivity contribution in [2.75, 3.05) is 36.9 Å². The number of anilines is 2. The molecular formula is C18H28N3O3+. The molecule has 1 aliphatic heterocycles. The number of hydrogen-bond acceptors (Lipinski definition) is 3. The fourth-order valence-corrected chi connectivity index (χ4v) is 2.90. The summed E-state index contributed by atoms with van der Waals surface area (Å²) in [5.74, 6) is -0.117. The molecule has 1 heterocycles. The average molecular weight is 334 g/mol. The molecule has 0 saturated carbocycles. The zero-order valence-electron chi connectivity index (χ0n) is 14.6. The largest absolute Gasteiger partial charge is 0.372 e. The third kappa shape index (κ3) is 6.29. The van der Waals surface area contributed by atoms with Gasteiger partial charge >= 0.3 is 0 Å². The van der Waals surface area contributed by atoms with Gasteiger partial charge in [0, 0.05) is 24.9 Å². The first-order chi connectivity index (χ1) is 11.6. The van der Waals surface area contributed by atoms with Crippen LogP contribution >= 0.6 is 0 Å². The summed E-state index contributed by atoms with van der Waals surface area (Å²) in [4.78, 5) is 24.5. The first-order valence-electron chi connectivity index (χ1n) is 8.69. The van der Waals surface area contributed by atoms with Crippen molar-refractivity contribution in [3.63, 3.8) is 0 Å². The van der Waals surface area contributed by atoms with Gasteiger partial charge in [0.25, 0.3) is 5.91 Å². The van der Waals surface area contributed by atoms with Crippen LogP contribution in [-0.2, 0) is 14.3 Å². The molecule has 0 aromatic heterocycles. The van der Waals surface area contributed by atoms with Gasteiger partial charge < -0.3 is 20.3 Å². The van der Waals surface area contributed by atoms with Gasteiger partial charge in [-0.2, -0.15) is 0 Å². The number of nitrogens with one attached hydrogen (secondary N) is 3. The Hall–Kier alpha value is -1.92. The molecule has 24 heavy (non-hydrogen) atoms. The van der Waals surface area contributed by atoms with E-state index in [9.17, 15) is 9.59 Å². The summed E-state index contributed by atoms with van der Waals surface area (Å²) in [5.41, 5.74) is 1.45. The van der Waals surface area contributed by atoms with Gasteiger partial charge in [-0.25, -0.2) is 0 Å². The number of carbonyl (C=O) groups excluding carboxylic acids is 2. The first-order valence-corrected chi connectivity index (χ1v) is 8.69. The highest BCUT2D eigenvalue weighted by Crippen LogP contribution is 2.13. The molecular weight excluding hydrogens is 306 g/mol. The molecule has 6 heteroatoms. The van der Waals surface area contributed by atoms with E-state index in [-0.39, 0.29) is 17.9 Å². The predicted octanol–water partition coefficient (Wildman–Crippen LogP) is 1.06. The Morgan fingerprint density at radius 2 is 1.83 bits per heavy atom. The van der Waals surface area contributed by atoms with Gasteiger partial charge in [0.05, 0.1) is 6.54 Å². The lowest BCUT2D eigenvalue weighted by Gasteiger charge is -2.26. The summed E-state index contributed by atoms with van der Waals surface area (Å²) < 4.78 is 5.77. The number of hydrogen-bond donors (Lipinski definition) is 3. The lowest BCUT2D eigenvalue weighted by Crippen LogP contribution is -3.13. The number of carbonyl (C=O) groups is 2. The molecule has 2 atom stereocenters. The molecule has 2 amide bonds. The van der Waals surface area contributed by atoms with Crippen molar-refractivity contribution < 1.29 is 19.2 Å². The van der Waals surface area contributed by atoms with Crippen molar-refractivity contribution >= 4 is 23.2 Å². The summed E-state index contributed by atoms with van der Waals surface area (Å²) in [7, 11) is 0. The van der Waals surface area contributed by atoms with Crippen LogP contribution in [0.15, 0.2) is 24.3 Å². The zero-order chi connectivity index (χ0) is 17.4. The molecule has 0 aliphatic carbocycles. The van der Waals surface area contributed by atoms with E-state index in [2.05, 4.69) is 17.6 Å². The minimum atomic E-state index is -0.112. The van der Waals surface area contributed by atoms with E-state index in [1.54, 1.807) is 24.3 Å². The number of ether oxygens (including phenoxy) is 1. The van der Waals surface area contributed by atoms with Crippen LogP contribution in [0.4, 0.5) is 11.4 Å². The highest BCUT2D eigenvalue weighted by Gasteiger charge is 2.21. The molecule has 1 fully saturated rings. The number of quaternary nitrogens is 1. The Kier molecular flexibility index (Phi) is 7.21. The van der Waals surface area contributed by atoms with Crippen LogP contribution in [0.5, 0.6) is 0 Å². The van der Waals surface area contributed by atoms with Crippen LogP contribution in [-0.4, -0.2) is 44.2 Å². The van der Waals surface area contributed by atoms with Crippen LogP contribution in [0.25, 0.3) is 0 Å². The van der Waals surface area contributed by atoms with Gasteiger partial charge in [-0.15, -0.1) is 0 Å². The SMILES string of the molecule is CC[NH+](CC(=O)Nc1ccc(NC(C)=O)cc1)C[C@@H]1CCCCO1. The molecule has 1 saturated heterocycles. The summed E-state index contributed by atoms with van der Waals surface area (Å²) in [6.07, 6.45) is 3.73. The van der Waals surface area contributed by atoms with E-state index in [1.165, 1.54) is 18.2 Å². The second-order valence-electron chi connectivity index (χ2n) is 6.28. The fourth-order valence-electron chi connectivity index (χ4n) is 2.90. The van der Waals surface area contributed by atoms with Crippen molar-refractivity contribution in [2.45, 2.75) is 39.2 Å². The summed E-state index contributed by atoms with van der Waals surface area (Å²) in [6, 6.07) is 7.13. The summed E-state index contributed by atoms with van der Waals surface area (Å²) in [6.45, 7) is 6.61. The molecule has 6 nitrogen and oxygen atoms in total. The van der Waals surface area contributed by atoms with Crippen molar-refractivity contribution in [3.05, 3.63) is 24.3 Å². The predicted molar refractivity (Wildman–Crippen MR) is 94.2 cm³/mol.